The van der Waals surface area contributed by atoms with Crippen molar-refractivity contribution in [2.75, 3.05) is 13.1 Å². The van der Waals surface area contributed by atoms with Gasteiger partial charge in [0.05, 0.1) is 12.6 Å². The number of benzene rings is 1. The summed E-state index contributed by atoms with van der Waals surface area (Å²) in [7, 11) is 0. The topological polar surface area (TPSA) is 47.4 Å². The zero-order valence-corrected chi connectivity index (χ0v) is 14.4. The quantitative estimate of drug-likeness (QED) is 0.848. The Morgan fingerprint density at radius 3 is 2.88 bits per heavy atom. The molecule has 1 aliphatic heterocycles. The van der Waals surface area contributed by atoms with Gasteiger partial charge in [-0.25, -0.2) is 4.98 Å². The Hall–Kier alpha value is -2.14. The maximum atomic E-state index is 12.7. The van der Waals surface area contributed by atoms with E-state index >= 15 is 0 Å². The zero-order valence-electron chi connectivity index (χ0n) is 14.4. The minimum absolute atomic E-state index is 0.0772. The van der Waals surface area contributed by atoms with Gasteiger partial charge in [0.2, 0.25) is 0 Å². The Bertz CT molecular complexity index is 668. The smallest absolute Gasteiger partial charge is 0.251 e. The Balaban J connectivity index is 1.56. The van der Waals surface area contributed by atoms with Crippen molar-refractivity contribution in [3.05, 3.63) is 54.1 Å². The van der Waals surface area contributed by atoms with E-state index in [0.717, 1.165) is 37.3 Å². The number of aryl methyl sites for hydroxylation is 1. The number of hydrogen-bond donors (Lipinski definition) is 0. The zero-order chi connectivity index (χ0) is 16.9. The van der Waals surface area contributed by atoms with Crippen LogP contribution in [-0.4, -0.2) is 39.6 Å². The van der Waals surface area contributed by atoms with Gasteiger partial charge in [0.25, 0.3) is 5.91 Å². The Kier molecular flexibility index (Phi) is 5.30. The highest BCUT2D eigenvalue weighted by molar-refractivity contribution is 5.80. The van der Waals surface area contributed by atoms with Gasteiger partial charge in [0.1, 0.15) is 11.9 Å². The molecule has 2 atom stereocenters. The third kappa shape index (κ3) is 3.85. The number of imidazole rings is 1. The van der Waals surface area contributed by atoms with E-state index in [1.54, 1.807) is 0 Å². The molecule has 3 rings (SSSR count). The van der Waals surface area contributed by atoms with Crippen LogP contribution in [0.15, 0.2) is 42.7 Å². The summed E-state index contributed by atoms with van der Waals surface area (Å²) in [6.45, 7) is 5.85. The van der Waals surface area contributed by atoms with Gasteiger partial charge in [-0.1, -0.05) is 30.3 Å². The van der Waals surface area contributed by atoms with Crippen molar-refractivity contribution in [3.8, 4) is 0 Å². The summed E-state index contributed by atoms with van der Waals surface area (Å²) in [6.07, 6.45) is 5.50. The van der Waals surface area contributed by atoms with Crippen molar-refractivity contribution in [2.24, 2.45) is 0 Å². The van der Waals surface area contributed by atoms with Crippen molar-refractivity contribution in [2.45, 2.75) is 45.4 Å². The summed E-state index contributed by atoms with van der Waals surface area (Å²) in [5.41, 5.74) is 1.09. The lowest BCUT2D eigenvalue weighted by Crippen LogP contribution is -2.45. The lowest BCUT2D eigenvalue weighted by molar-refractivity contribution is -0.145. The first-order valence-corrected chi connectivity index (χ1v) is 8.59. The third-order valence-corrected chi connectivity index (χ3v) is 4.65. The molecule has 5 nitrogen and oxygen atoms in total. The number of likely N-dealkylation sites (tertiary alicyclic amines) is 1. The number of aromatic nitrogens is 2. The fourth-order valence-electron chi connectivity index (χ4n) is 3.28. The van der Waals surface area contributed by atoms with E-state index in [9.17, 15) is 4.79 Å². The first-order chi connectivity index (χ1) is 11.6. The summed E-state index contributed by atoms with van der Waals surface area (Å²) in [5.74, 6) is 1.08. The van der Waals surface area contributed by atoms with Crippen LogP contribution in [0.25, 0.3) is 0 Å². The van der Waals surface area contributed by atoms with E-state index in [4.69, 9.17) is 4.74 Å². The van der Waals surface area contributed by atoms with E-state index in [0.29, 0.717) is 12.6 Å². The molecule has 1 aliphatic rings. The summed E-state index contributed by atoms with van der Waals surface area (Å²) in [6, 6.07) is 10.3. The van der Waals surface area contributed by atoms with Gasteiger partial charge in [0.15, 0.2) is 0 Å². The third-order valence-electron chi connectivity index (χ3n) is 4.65. The van der Waals surface area contributed by atoms with Crippen molar-refractivity contribution >= 4 is 5.91 Å². The number of nitrogens with zero attached hydrogens (tertiary/aromatic N) is 3. The van der Waals surface area contributed by atoms with Crippen LogP contribution in [0.3, 0.4) is 0 Å². The fourth-order valence-corrected chi connectivity index (χ4v) is 3.28. The van der Waals surface area contributed by atoms with Crippen LogP contribution in [0, 0.1) is 6.92 Å². The predicted molar refractivity (Wildman–Crippen MR) is 92.5 cm³/mol. The molecule has 1 fully saturated rings. The molecular weight excluding hydrogens is 302 g/mol. The molecule has 0 saturated carbocycles. The Morgan fingerprint density at radius 1 is 1.38 bits per heavy atom. The predicted octanol–water partition coefficient (Wildman–Crippen LogP) is 2.96. The van der Waals surface area contributed by atoms with Gasteiger partial charge in [-0.05, 0) is 32.3 Å². The van der Waals surface area contributed by atoms with Gasteiger partial charge in [-0.15, -0.1) is 0 Å². The molecule has 1 saturated heterocycles. The Labute approximate surface area is 143 Å². The van der Waals surface area contributed by atoms with Gasteiger partial charge in [0, 0.05) is 25.5 Å². The number of rotatable bonds is 5. The number of ether oxygens (including phenoxy) is 1. The van der Waals surface area contributed by atoms with Gasteiger partial charge in [-0.3, -0.25) is 4.79 Å². The van der Waals surface area contributed by atoms with Crippen molar-refractivity contribution in [1.82, 2.24) is 14.5 Å². The molecule has 5 heteroatoms. The average Bonchev–Trinajstić information content (AvgIpc) is 3.06. The lowest BCUT2D eigenvalue weighted by Gasteiger charge is -2.35. The van der Waals surface area contributed by atoms with Crippen LogP contribution < -0.4 is 0 Å². The minimum Gasteiger partial charge on any atom is -0.364 e. The summed E-state index contributed by atoms with van der Waals surface area (Å²) < 4.78 is 7.96. The highest BCUT2D eigenvalue weighted by Gasteiger charge is 2.28. The molecule has 0 spiro atoms. The molecule has 2 aromatic rings. The van der Waals surface area contributed by atoms with Crippen molar-refractivity contribution < 1.29 is 9.53 Å². The SMILES string of the molecule is Cc1nccn1[C@H]1CCCN(C(=O)[C@@H](C)OCc2ccccc2)C1. The summed E-state index contributed by atoms with van der Waals surface area (Å²) in [5, 5.41) is 0. The average molecular weight is 327 g/mol. The monoisotopic (exact) mass is 327 g/mol. The van der Waals surface area contributed by atoms with E-state index in [1.807, 2.05) is 61.5 Å². The number of hydrogen-bond acceptors (Lipinski definition) is 3. The highest BCUT2D eigenvalue weighted by Crippen LogP contribution is 2.23. The number of piperidine rings is 1. The fraction of sp³-hybridized carbons (Fsp3) is 0.474. The lowest BCUT2D eigenvalue weighted by atomic mass is 10.0. The van der Waals surface area contributed by atoms with Crippen molar-refractivity contribution in [1.29, 1.82) is 0 Å². The second-order valence-corrected chi connectivity index (χ2v) is 6.40. The van der Waals surface area contributed by atoms with E-state index < -0.39 is 6.10 Å². The van der Waals surface area contributed by atoms with Crippen molar-refractivity contribution in [3.63, 3.8) is 0 Å². The molecular formula is C19H25N3O2. The van der Waals surface area contributed by atoms with Crippen LogP contribution >= 0.6 is 0 Å². The maximum absolute atomic E-state index is 12.7. The molecule has 0 N–H and O–H groups in total. The number of carbonyl (C=O) groups is 1. The molecule has 0 radical (unpaired) electrons. The minimum atomic E-state index is -0.423. The molecule has 0 unspecified atom stereocenters. The van der Waals surface area contributed by atoms with E-state index in [1.165, 1.54) is 0 Å². The molecule has 2 heterocycles. The number of carbonyl (C=O) groups excluding carboxylic acids is 1. The second-order valence-electron chi connectivity index (χ2n) is 6.40. The summed E-state index contributed by atoms with van der Waals surface area (Å²) >= 11 is 0. The van der Waals surface area contributed by atoms with E-state index in [-0.39, 0.29) is 5.91 Å². The first kappa shape index (κ1) is 16.7. The van der Waals surface area contributed by atoms with Crippen LogP contribution in [0.4, 0.5) is 0 Å². The van der Waals surface area contributed by atoms with Gasteiger partial charge >= 0.3 is 0 Å². The van der Waals surface area contributed by atoms with Crippen LogP contribution in [0.1, 0.15) is 37.2 Å². The van der Waals surface area contributed by atoms with Gasteiger partial charge in [-0.2, -0.15) is 0 Å². The largest absolute Gasteiger partial charge is 0.364 e. The highest BCUT2D eigenvalue weighted by atomic mass is 16.5. The number of amides is 1. The molecule has 128 valence electrons. The standard InChI is InChI=1S/C19H25N3O2/c1-15(24-14-17-7-4-3-5-8-17)19(23)21-11-6-9-18(13-21)22-12-10-20-16(22)2/h3-5,7-8,10,12,15,18H,6,9,11,13-14H2,1-2H3/t15-,18+/m1/s1. The van der Waals surface area contributed by atoms with Crippen LogP contribution in [0.5, 0.6) is 0 Å². The normalized spacial score (nSPS) is 19.2. The maximum Gasteiger partial charge on any atom is 0.251 e. The molecule has 0 aliphatic carbocycles. The Morgan fingerprint density at radius 2 is 2.17 bits per heavy atom. The summed E-state index contributed by atoms with van der Waals surface area (Å²) in [4.78, 5) is 18.9. The second kappa shape index (κ2) is 7.62. The molecule has 0 bridgehead atoms. The van der Waals surface area contributed by atoms with Crippen LogP contribution in [0.2, 0.25) is 0 Å². The van der Waals surface area contributed by atoms with Crippen LogP contribution in [-0.2, 0) is 16.1 Å². The van der Waals surface area contributed by atoms with Gasteiger partial charge < -0.3 is 14.2 Å². The first-order valence-electron chi connectivity index (χ1n) is 8.59. The molecule has 1 amide bonds. The molecule has 24 heavy (non-hydrogen) atoms. The van der Waals surface area contributed by atoms with E-state index in [2.05, 4.69) is 9.55 Å². The molecule has 1 aromatic heterocycles. The molecule has 1 aromatic carbocycles.